The van der Waals surface area contributed by atoms with Crippen molar-refractivity contribution in [2.75, 3.05) is 13.2 Å². The van der Waals surface area contributed by atoms with Crippen molar-refractivity contribution in [3.05, 3.63) is 18.4 Å². The molecule has 5 heteroatoms. The average Bonchev–Trinajstić information content (AvgIpc) is 2.87. The highest BCUT2D eigenvalue weighted by atomic mass is 16.5. The first kappa shape index (κ1) is 9.21. The maximum absolute atomic E-state index is 11.4. The summed E-state index contributed by atoms with van der Waals surface area (Å²) in [5.41, 5.74) is 0. The Morgan fingerprint density at radius 3 is 3.29 bits per heavy atom. The molecule has 0 aliphatic carbocycles. The van der Waals surface area contributed by atoms with Crippen LogP contribution in [0.3, 0.4) is 0 Å². The van der Waals surface area contributed by atoms with E-state index in [-0.39, 0.29) is 17.8 Å². The Hall–Kier alpha value is -1.36. The van der Waals surface area contributed by atoms with E-state index in [1.54, 1.807) is 0 Å². The van der Waals surface area contributed by atoms with Gasteiger partial charge in [0, 0.05) is 13.2 Å². The summed E-state index contributed by atoms with van der Waals surface area (Å²) in [6.45, 7) is 1.34. The molecule has 76 valence electrons. The van der Waals surface area contributed by atoms with Crippen LogP contribution in [0.25, 0.3) is 0 Å². The average molecular weight is 196 g/mol. The summed E-state index contributed by atoms with van der Waals surface area (Å²) in [5.74, 6) is 0.000923. The van der Waals surface area contributed by atoms with Crippen molar-refractivity contribution in [2.45, 2.75) is 18.9 Å². The van der Waals surface area contributed by atoms with E-state index in [2.05, 4.69) is 10.3 Å². The van der Waals surface area contributed by atoms with Crippen LogP contribution in [0.2, 0.25) is 0 Å². The number of nitrogens with one attached hydrogen (secondary N) is 1. The van der Waals surface area contributed by atoms with Gasteiger partial charge in [0.2, 0.25) is 5.76 Å². The Labute approximate surface area is 81.5 Å². The number of ether oxygens (including phenoxy) is 1. The molecular weight excluding hydrogens is 184 g/mol. The van der Waals surface area contributed by atoms with Crippen molar-refractivity contribution in [1.29, 1.82) is 0 Å². The number of carbonyl (C=O) groups is 1. The topological polar surface area (TPSA) is 64.4 Å². The van der Waals surface area contributed by atoms with Crippen LogP contribution < -0.4 is 5.32 Å². The lowest BCUT2D eigenvalue weighted by molar-refractivity contribution is 0.0835. The Balaban J connectivity index is 1.78. The third kappa shape index (κ3) is 2.11. The molecule has 0 radical (unpaired) electrons. The highest BCUT2D eigenvalue weighted by Gasteiger charge is 2.17. The summed E-state index contributed by atoms with van der Waals surface area (Å²) in [6.07, 6.45) is 4.87. The molecule has 5 nitrogen and oxygen atoms in total. The van der Waals surface area contributed by atoms with Gasteiger partial charge in [0.25, 0.3) is 5.91 Å². The van der Waals surface area contributed by atoms with Gasteiger partial charge in [0.1, 0.15) is 0 Å². The molecule has 1 fully saturated rings. The molecule has 0 aromatic carbocycles. The second kappa shape index (κ2) is 4.23. The zero-order valence-corrected chi connectivity index (χ0v) is 7.73. The quantitative estimate of drug-likeness (QED) is 0.768. The predicted octanol–water partition coefficient (Wildman–Crippen LogP) is 0.583. The van der Waals surface area contributed by atoms with Gasteiger partial charge < -0.3 is 14.5 Å². The van der Waals surface area contributed by atoms with E-state index in [0.29, 0.717) is 6.54 Å². The van der Waals surface area contributed by atoms with Gasteiger partial charge in [-0.15, -0.1) is 0 Å². The lowest BCUT2D eigenvalue weighted by Gasteiger charge is -2.08. The van der Waals surface area contributed by atoms with E-state index in [0.717, 1.165) is 19.4 Å². The maximum atomic E-state index is 11.4. The molecule has 1 atom stereocenters. The van der Waals surface area contributed by atoms with Crippen molar-refractivity contribution in [3.63, 3.8) is 0 Å². The summed E-state index contributed by atoms with van der Waals surface area (Å²) in [6, 6.07) is 0. The summed E-state index contributed by atoms with van der Waals surface area (Å²) >= 11 is 0. The number of oxazole rings is 1. The summed E-state index contributed by atoms with van der Waals surface area (Å²) in [7, 11) is 0. The van der Waals surface area contributed by atoms with Gasteiger partial charge in [-0.2, -0.15) is 0 Å². The number of hydrogen-bond donors (Lipinski definition) is 1. The molecule has 1 N–H and O–H groups in total. The second-order valence-corrected chi connectivity index (χ2v) is 3.21. The minimum Gasteiger partial charge on any atom is -0.438 e. The highest BCUT2D eigenvalue weighted by molar-refractivity contribution is 5.90. The molecule has 1 amide bonds. The highest BCUT2D eigenvalue weighted by Crippen LogP contribution is 2.10. The normalized spacial score (nSPS) is 21.0. The fourth-order valence-electron chi connectivity index (χ4n) is 1.43. The first-order valence-corrected chi connectivity index (χ1v) is 4.64. The van der Waals surface area contributed by atoms with Crippen molar-refractivity contribution >= 4 is 5.91 Å². The zero-order chi connectivity index (χ0) is 9.80. The Bertz CT molecular complexity index is 291. The number of carbonyl (C=O) groups excluding carboxylic acids is 1. The van der Waals surface area contributed by atoms with E-state index in [1.165, 1.54) is 12.6 Å². The molecule has 2 rings (SSSR count). The molecule has 1 saturated heterocycles. The van der Waals surface area contributed by atoms with Crippen LogP contribution in [0.5, 0.6) is 0 Å². The van der Waals surface area contributed by atoms with E-state index in [9.17, 15) is 4.79 Å². The fraction of sp³-hybridized carbons (Fsp3) is 0.556. The maximum Gasteiger partial charge on any atom is 0.288 e. The van der Waals surface area contributed by atoms with Crippen LogP contribution >= 0.6 is 0 Å². The van der Waals surface area contributed by atoms with Gasteiger partial charge in [-0.3, -0.25) is 4.79 Å². The van der Waals surface area contributed by atoms with Gasteiger partial charge in [-0.05, 0) is 12.8 Å². The molecule has 1 aromatic rings. The van der Waals surface area contributed by atoms with Gasteiger partial charge in [0.05, 0.1) is 12.3 Å². The SMILES string of the molecule is O=C(NC[C@@H]1CCCO1)c1cnco1. The first-order valence-electron chi connectivity index (χ1n) is 4.64. The van der Waals surface area contributed by atoms with Crippen LogP contribution in [0.1, 0.15) is 23.4 Å². The number of aromatic nitrogens is 1. The van der Waals surface area contributed by atoms with Gasteiger partial charge in [-0.1, -0.05) is 0 Å². The summed E-state index contributed by atoms with van der Waals surface area (Å²) in [4.78, 5) is 15.0. The Morgan fingerprint density at radius 2 is 2.64 bits per heavy atom. The predicted molar refractivity (Wildman–Crippen MR) is 47.8 cm³/mol. The van der Waals surface area contributed by atoms with Gasteiger partial charge >= 0.3 is 0 Å². The lowest BCUT2D eigenvalue weighted by Crippen LogP contribution is -2.31. The molecule has 2 heterocycles. The monoisotopic (exact) mass is 196 g/mol. The molecule has 1 aromatic heterocycles. The lowest BCUT2D eigenvalue weighted by atomic mass is 10.2. The zero-order valence-electron chi connectivity index (χ0n) is 7.73. The molecular formula is C9H12N2O3. The van der Waals surface area contributed by atoms with E-state index < -0.39 is 0 Å². The minimum atomic E-state index is -0.238. The molecule has 1 aliphatic rings. The van der Waals surface area contributed by atoms with Crippen molar-refractivity contribution in [2.24, 2.45) is 0 Å². The third-order valence-electron chi connectivity index (χ3n) is 2.17. The van der Waals surface area contributed by atoms with Gasteiger partial charge in [0.15, 0.2) is 6.39 Å². The van der Waals surface area contributed by atoms with Gasteiger partial charge in [-0.25, -0.2) is 4.98 Å². The summed E-state index contributed by atoms with van der Waals surface area (Å²) in [5, 5.41) is 2.73. The molecule has 0 bridgehead atoms. The number of hydrogen-bond acceptors (Lipinski definition) is 4. The van der Waals surface area contributed by atoms with Crippen LogP contribution in [0.4, 0.5) is 0 Å². The third-order valence-corrected chi connectivity index (χ3v) is 2.17. The molecule has 1 aliphatic heterocycles. The van der Waals surface area contributed by atoms with Crippen molar-refractivity contribution in [3.8, 4) is 0 Å². The largest absolute Gasteiger partial charge is 0.438 e. The van der Waals surface area contributed by atoms with Crippen molar-refractivity contribution in [1.82, 2.24) is 10.3 Å². The van der Waals surface area contributed by atoms with Crippen LogP contribution in [0.15, 0.2) is 17.0 Å². The van der Waals surface area contributed by atoms with Crippen LogP contribution in [-0.2, 0) is 4.74 Å². The molecule has 0 saturated carbocycles. The van der Waals surface area contributed by atoms with Crippen LogP contribution in [-0.4, -0.2) is 30.1 Å². The van der Waals surface area contributed by atoms with E-state index >= 15 is 0 Å². The standard InChI is InChI=1S/C9H12N2O3/c12-9(8-5-10-6-14-8)11-4-7-2-1-3-13-7/h5-7H,1-4H2,(H,11,12)/t7-/m0/s1. The molecule has 14 heavy (non-hydrogen) atoms. The molecule has 0 spiro atoms. The smallest absolute Gasteiger partial charge is 0.288 e. The van der Waals surface area contributed by atoms with Crippen molar-refractivity contribution < 1.29 is 13.9 Å². The Morgan fingerprint density at radius 1 is 1.71 bits per heavy atom. The number of nitrogens with zero attached hydrogens (tertiary/aromatic N) is 1. The summed E-state index contributed by atoms with van der Waals surface area (Å²) < 4.78 is 10.2. The minimum absolute atomic E-state index is 0.155. The van der Waals surface area contributed by atoms with E-state index in [4.69, 9.17) is 9.15 Å². The first-order chi connectivity index (χ1) is 6.86. The number of rotatable bonds is 3. The van der Waals surface area contributed by atoms with E-state index in [1.807, 2.05) is 0 Å². The second-order valence-electron chi connectivity index (χ2n) is 3.21. The molecule has 0 unspecified atom stereocenters. The van der Waals surface area contributed by atoms with Crippen LogP contribution in [0, 0.1) is 0 Å². The fourth-order valence-corrected chi connectivity index (χ4v) is 1.43. The number of amides is 1. The Kier molecular flexibility index (Phi) is 2.78.